The normalized spacial score (nSPS) is 11.0. The van der Waals surface area contributed by atoms with E-state index in [0.29, 0.717) is 16.4 Å². The van der Waals surface area contributed by atoms with Gasteiger partial charge in [-0.1, -0.05) is 11.6 Å². The van der Waals surface area contributed by atoms with Crippen molar-refractivity contribution in [3.05, 3.63) is 52.4 Å². The zero-order valence-electron chi connectivity index (χ0n) is 11.7. The van der Waals surface area contributed by atoms with Crippen LogP contribution in [0.2, 0.25) is 5.02 Å². The Balaban J connectivity index is 2.29. The Morgan fingerprint density at radius 3 is 2.67 bits per heavy atom. The molecule has 5 nitrogen and oxygen atoms in total. The maximum absolute atomic E-state index is 7.56. The Labute approximate surface area is 126 Å². The molecule has 0 amide bonds. The molecule has 106 valence electrons. The number of pyridine rings is 1. The number of fused-ring (bicyclic) bond motifs is 1. The zero-order valence-corrected chi connectivity index (χ0v) is 12.4. The van der Waals surface area contributed by atoms with Gasteiger partial charge < -0.3 is 5.73 Å². The van der Waals surface area contributed by atoms with E-state index in [1.165, 1.54) is 11.1 Å². The van der Waals surface area contributed by atoms with Crippen LogP contribution in [0.25, 0.3) is 16.9 Å². The lowest BCUT2D eigenvalue weighted by Crippen LogP contribution is -2.13. The molecular weight excluding hydrogens is 286 g/mol. The van der Waals surface area contributed by atoms with Crippen molar-refractivity contribution in [1.29, 1.82) is 5.41 Å². The highest BCUT2D eigenvalue weighted by Crippen LogP contribution is 2.26. The number of hydrogen-bond acceptors (Lipinski definition) is 3. The molecule has 2 heterocycles. The molecule has 0 spiro atoms. The van der Waals surface area contributed by atoms with Gasteiger partial charge in [-0.15, -0.1) is 0 Å². The number of aromatic nitrogens is 3. The van der Waals surface area contributed by atoms with Gasteiger partial charge in [-0.3, -0.25) is 9.98 Å². The molecule has 2 aromatic heterocycles. The summed E-state index contributed by atoms with van der Waals surface area (Å²) in [5, 5.41) is 7.91. The van der Waals surface area contributed by atoms with E-state index < -0.39 is 0 Å². The third-order valence-electron chi connectivity index (χ3n) is 3.55. The number of nitrogen functional groups attached to an aromatic ring is 1. The largest absolute Gasteiger partial charge is 0.384 e. The molecule has 0 atom stereocenters. The minimum absolute atomic E-state index is 0.0832. The Kier molecular flexibility index (Phi) is 3.14. The number of nitrogens with two attached hydrogens (primary N) is 1. The van der Waals surface area contributed by atoms with Crippen LogP contribution in [0.1, 0.15) is 16.7 Å². The predicted molar refractivity (Wildman–Crippen MR) is 84.4 cm³/mol. The van der Waals surface area contributed by atoms with Crippen LogP contribution in [0, 0.1) is 19.3 Å². The van der Waals surface area contributed by atoms with Gasteiger partial charge >= 0.3 is 0 Å². The first-order chi connectivity index (χ1) is 9.99. The molecule has 0 unspecified atom stereocenters. The third-order valence-corrected chi connectivity index (χ3v) is 3.92. The van der Waals surface area contributed by atoms with Crippen molar-refractivity contribution in [3.63, 3.8) is 0 Å². The summed E-state index contributed by atoms with van der Waals surface area (Å²) in [6.45, 7) is 4.10. The molecule has 1 aromatic carbocycles. The van der Waals surface area contributed by atoms with Crippen LogP contribution >= 0.6 is 11.6 Å². The molecule has 0 bridgehead atoms. The molecule has 3 rings (SSSR count). The monoisotopic (exact) mass is 299 g/mol. The second-order valence-corrected chi connectivity index (χ2v) is 5.33. The number of amidine groups is 1. The van der Waals surface area contributed by atoms with E-state index in [4.69, 9.17) is 22.7 Å². The quantitative estimate of drug-likeness (QED) is 0.564. The fourth-order valence-corrected chi connectivity index (χ4v) is 2.55. The van der Waals surface area contributed by atoms with E-state index in [1.807, 2.05) is 17.6 Å². The van der Waals surface area contributed by atoms with Crippen molar-refractivity contribution in [2.24, 2.45) is 5.73 Å². The number of nitrogens with zero attached hydrogens (tertiary/aromatic N) is 3. The average Bonchev–Trinajstić information content (AvgIpc) is 2.82. The van der Waals surface area contributed by atoms with Gasteiger partial charge in [-0.05, 0) is 43.2 Å². The van der Waals surface area contributed by atoms with E-state index >= 15 is 0 Å². The Morgan fingerprint density at radius 2 is 1.95 bits per heavy atom. The first kappa shape index (κ1) is 13.6. The minimum Gasteiger partial charge on any atom is -0.384 e. The van der Waals surface area contributed by atoms with E-state index in [2.05, 4.69) is 23.0 Å². The number of rotatable bonds is 2. The highest BCUT2D eigenvalue weighted by atomic mass is 35.5. The van der Waals surface area contributed by atoms with Gasteiger partial charge in [0.2, 0.25) is 0 Å². The summed E-state index contributed by atoms with van der Waals surface area (Å²) in [4.78, 5) is 8.70. The predicted octanol–water partition coefficient (Wildman–Crippen LogP) is 2.97. The van der Waals surface area contributed by atoms with Crippen LogP contribution in [0.4, 0.5) is 0 Å². The van der Waals surface area contributed by atoms with Crippen LogP contribution in [0.3, 0.4) is 0 Å². The maximum Gasteiger partial charge on any atom is 0.157 e. The van der Waals surface area contributed by atoms with Gasteiger partial charge in [0.05, 0.1) is 16.1 Å². The molecule has 0 aliphatic carbocycles. The molecule has 0 saturated carbocycles. The summed E-state index contributed by atoms with van der Waals surface area (Å²) in [5.41, 5.74) is 10.2. The number of hydrogen-bond donors (Lipinski definition) is 2. The summed E-state index contributed by atoms with van der Waals surface area (Å²) in [7, 11) is 0. The van der Waals surface area contributed by atoms with Gasteiger partial charge in [0, 0.05) is 11.8 Å². The molecular formula is C15H14ClN5. The lowest BCUT2D eigenvalue weighted by molar-refractivity contribution is 1.02. The Bertz CT molecular complexity index is 866. The molecule has 0 aliphatic rings. The number of benzene rings is 1. The van der Waals surface area contributed by atoms with Crippen LogP contribution in [0.15, 0.2) is 30.7 Å². The second-order valence-electron chi connectivity index (χ2n) is 4.95. The first-order valence-corrected chi connectivity index (χ1v) is 6.80. The Morgan fingerprint density at radius 1 is 1.24 bits per heavy atom. The fourth-order valence-electron chi connectivity index (χ4n) is 2.24. The van der Waals surface area contributed by atoms with Crippen LogP contribution < -0.4 is 5.73 Å². The molecule has 3 aromatic rings. The Hall–Kier alpha value is -2.40. The van der Waals surface area contributed by atoms with Crippen molar-refractivity contribution in [2.75, 3.05) is 0 Å². The summed E-state index contributed by atoms with van der Waals surface area (Å²) in [6.07, 6.45) is 3.27. The minimum atomic E-state index is -0.0832. The lowest BCUT2D eigenvalue weighted by Gasteiger charge is -2.09. The molecule has 0 radical (unpaired) electrons. The second kappa shape index (κ2) is 4.86. The van der Waals surface area contributed by atoms with Crippen LogP contribution in [-0.4, -0.2) is 20.4 Å². The van der Waals surface area contributed by atoms with E-state index in [-0.39, 0.29) is 5.84 Å². The van der Waals surface area contributed by atoms with Gasteiger partial charge in [-0.2, -0.15) is 0 Å². The standard InChI is InChI=1S/C15H14ClN5/c1-8-5-11-12(6-9(8)2)21(7-20-11)15-13(16)10(14(17)18)3-4-19-15/h3-7H,1-2H3,(H3,17,18). The van der Waals surface area contributed by atoms with Crippen molar-refractivity contribution < 1.29 is 0 Å². The third kappa shape index (κ3) is 2.15. The summed E-state index contributed by atoms with van der Waals surface area (Å²) >= 11 is 6.33. The topological polar surface area (TPSA) is 80.6 Å². The molecule has 0 fully saturated rings. The fraction of sp³-hybridized carbons (Fsp3) is 0.133. The zero-order chi connectivity index (χ0) is 15.1. The van der Waals surface area contributed by atoms with Crippen molar-refractivity contribution in [2.45, 2.75) is 13.8 Å². The lowest BCUT2D eigenvalue weighted by atomic mass is 10.1. The van der Waals surface area contributed by atoms with E-state index in [1.54, 1.807) is 18.6 Å². The van der Waals surface area contributed by atoms with Gasteiger partial charge in [0.1, 0.15) is 12.2 Å². The number of aryl methyl sites for hydroxylation is 2. The summed E-state index contributed by atoms with van der Waals surface area (Å²) in [5.74, 6) is 0.440. The van der Waals surface area contributed by atoms with Gasteiger partial charge in [0.25, 0.3) is 0 Å². The first-order valence-electron chi connectivity index (χ1n) is 6.42. The van der Waals surface area contributed by atoms with Gasteiger partial charge in [0.15, 0.2) is 5.82 Å². The van der Waals surface area contributed by atoms with Crippen molar-refractivity contribution in [1.82, 2.24) is 14.5 Å². The number of imidazole rings is 1. The summed E-state index contributed by atoms with van der Waals surface area (Å²) in [6, 6.07) is 5.71. The molecule has 3 N–H and O–H groups in total. The molecule has 6 heteroatoms. The highest BCUT2D eigenvalue weighted by Gasteiger charge is 2.14. The SMILES string of the molecule is Cc1cc2ncn(-c3nccc(C(=N)N)c3Cl)c2cc1C. The van der Waals surface area contributed by atoms with E-state index in [0.717, 1.165) is 11.0 Å². The highest BCUT2D eigenvalue weighted by molar-refractivity contribution is 6.35. The smallest absolute Gasteiger partial charge is 0.157 e. The average molecular weight is 300 g/mol. The van der Waals surface area contributed by atoms with Crippen LogP contribution in [-0.2, 0) is 0 Å². The molecule has 0 aliphatic heterocycles. The van der Waals surface area contributed by atoms with Crippen molar-refractivity contribution in [3.8, 4) is 5.82 Å². The van der Waals surface area contributed by atoms with Crippen LogP contribution in [0.5, 0.6) is 0 Å². The summed E-state index contributed by atoms with van der Waals surface area (Å²) < 4.78 is 1.82. The molecule has 0 saturated heterocycles. The number of nitrogens with one attached hydrogen (secondary N) is 1. The van der Waals surface area contributed by atoms with Crippen molar-refractivity contribution >= 4 is 28.5 Å². The number of halogens is 1. The molecule has 21 heavy (non-hydrogen) atoms. The van der Waals surface area contributed by atoms with E-state index in [9.17, 15) is 0 Å². The van der Waals surface area contributed by atoms with Gasteiger partial charge in [-0.25, -0.2) is 9.97 Å². The maximum atomic E-state index is 7.56.